The lowest BCUT2D eigenvalue weighted by molar-refractivity contribution is 0.0939. The van der Waals surface area contributed by atoms with Gasteiger partial charge in [0.05, 0.1) is 16.6 Å². The summed E-state index contributed by atoms with van der Waals surface area (Å²) in [4.78, 5) is 12.2. The van der Waals surface area contributed by atoms with Gasteiger partial charge >= 0.3 is 0 Å². The van der Waals surface area contributed by atoms with Crippen LogP contribution in [0.2, 0.25) is 5.02 Å². The molecule has 5 heteroatoms. The van der Waals surface area contributed by atoms with Crippen molar-refractivity contribution in [2.45, 2.75) is 13.0 Å². The van der Waals surface area contributed by atoms with Crippen LogP contribution in [-0.2, 0) is 0 Å². The summed E-state index contributed by atoms with van der Waals surface area (Å²) < 4.78 is 14.4. The second-order valence-electron chi connectivity index (χ2n) is 4.34. The monoisotopic (exact) mass is 355 g/mol. The van der Waals surface area contributed by atoms with Crippen molar-refractivity contribution >= 4 is 33.4 Å². The average Bonchev–Trinajstić information content (AvgIpc) is 2.41. The maximum absolute atomic E-state index is 13.7. The Morgan fingerprint density at radius 3 is 2.70 bits per heavy atom. The summed E-state index contributed by atoms with van der Waals surface area (Å²) in [5.74, 6) is -0.687. The van der Waals surface area contributed by atoms with Crippen LogP contribution in [0.5, 0.6) is 0 Å². The number of rotatable bonds is 3. The van der Waals surface area contributed by atoms with Gasteiger partial charge in [-0.15, -0.1) is 0 Å². The molecule has 104 valence electrons. The molecule has 1 N–H and O–H groups in total. The van der Waals surface area contributed by atoms with Crippen molar-refractivity contribution in [2.24, 2.45) is 0 Å². The Hall–Kier alpha value is -1.39. The zero-order valence-corrected chi connectivity index (χ0v) is 13.0. The van der Waals surface area contributed by atoms with Crippen molar-refractivity contribution in [1.82, 2.24) is 5.32 Å². The van der Waals surface area contributed by atoms with Gasteiger partial charge in [-0.3, -0.25) is 4.79 Å². The van der Waals surface area contributed by atoms with Crippen LogP contribution in [0.4, 0.5) is 4.39 Å². The van der Waals surface area contributed by atoms with Crippen LogP contribution in [0.3, 0.4) is 0 Å². The Morgan fingerprint density at radius 2 is 2.00 bits per heavy atom. The highest BCUT2D eigenvalue weighted by Gasteiger charge is 2.16. The Labute approximate surface area is 130 Å². The molecule has 2 nitrogen and oxygen atoms in total. The first kappa shape index (κ1) is 15.0. The zero-order chi connectivity index (χ0) is 14.7. The average molecular weight is 357 g/mol. The lowest BCUT2D eigenvalue weighted by atomic mass is 10.1. The predicted molar refractivity (Wildman–Crippen MR) is 81.4 cm³/mol. The van der Waals surface area contributed by atoms with Crippen molar-refractivity contribution in [2.75, 3.05) is 0 Å². The molecule has 0 radical (unpaired) electrons. The van der Waals surface area contributed by atoms with Gasteiger partial charge in [-0.05, 0) is 31.2 Å². The third-order valence-electron chi connectivity index (χ3n) is 2.89. The number of nitrogens with one attached hydrogen (secondary N) is 1. The van der Waals surface area contributed by atoms with E-state index in [0.29, 0.717) is 16.1 Å². The van der Waals surface area contributed by atoms with Gasteiger partial charge in [-0.1, -0.05) is 45.7 Å². The minimum atomic E-state index is -0.446. The van der Waals surface area contributed by atoms with Gasteiger partial charge in [-0.2, -0.15) is 0 Å². The van der Waals surface area contributed by atoms with Crippen LogP contribution < -0.4 is 5.32 Å². The minimum Gasteiger partial charge on any atom is -0.345 e. The molecule has 0 aliphatic rings. The lowest BCUT2D eigenvalue weighted by Crippen LogP contribution is -2.27. The largest absolute Gasteiger partial charge is 0.345 e. The number of hydrogen-bond donors (Lipinski definition) is 1. The van der Waals surface area contributed by atoms with Crippen molar-refractivity contribution < 1.29 is 9.18 Å². The fraction of sp³-hybridized carbons (Fsp3) is 0.133. The van der Waals surface area contributed by atoms with Crippen molar-refractivity contribution in [3.05, 3.63) is 68.9 Å². The summed E-state index contributed by atoms with van der Waals surface area (Å²) in [6.45, 7) is 1.72. The molecule has 1 amide bonds. The fourth-order valence-corrected chi connectivity index (χ4v) is 2.41. The van der Waals surface area contributed by atoms with Gasteiger partial charge in [0.2, 0.25) is 0 Å². The van der Waals surface area contributed by atoms with Crippen molar-refractivity contribution in [3.8, 4) is 0 Å². The first-order valence-electron chi connectivity index (χ1n) is 5.99. The number of carbonyl (C=O) groups is 1. The molecule has 20 heavy (non-hydrogen) atoms. The van der Waals surface area contributed by atoms with Gasteiger partial charge in [0.1, 0.15) is 5.82 Å². The smallest absolute Gasteiger partial charge is 0.253 e. The molecule has 0 spiro atoms. The molecule has 0 aliphatic carbocycles. The highest BCUT2D eigenvalue weighted by atomic mass is 79.9. The van der Waals surface area contributed by atoms with Gasteiger partial charge in [0.15, 0.2) is 0 Å². The van der Waals surface area contributed by atoms with E-state index in [4.69, 9.17) is 11.6 Å². The number of amides is 1. The summed E-state index contributed by atoms with van der Waals surface area (Å²) in [6, 6.07) is 10.9. The van der Waals surface area contributed by atoms with E-state index in [1.807, 2.05) is 0 Å². The molecule has 0 heterocycles. The molecule has 0 saturated carbocycles. The van der Waals surface area contributed by atoms with E-state index in [1.165, 1.54) is 6.07 Å². The molecule has 0 saturated heterocycles. The topological polar surface area (TPSA) is 29.1 Å². The van der Waals surface area contributed by atoms with E-state index >= 15 is 0 Å². The fourth-order valence-electron chi connectivity index (χ4n) is 1.85. The van der Waals surface area contributed by atoms with Crippen LogP contribution in [0, 0.1) is 5.82 Å². The van der Waals surface area contributed by atoms with E-state index in [1.54, 1.807) is 43.3 Å². The maximum atomic E-state index is 13.7. The standard InChI is InChI=1S/C15H12BrClFNO/c1-9(11-4-2-3-5-14(11)18)19-15(20)12-8-10(16)6-7-13(12)17/h2-9H,1H3,(H,19,20). The second kappa shape index (κ2) is 6.37. The molecule has 0 fully saturated rings. The van der Waals surface area contributed by atoms with Crippen molar-refractivity contribution in [3.63, 3.8) is 0 Å². The van der Waals surface area contributed by atoms with E-state index in [9.17, 15) is 9.18 Å². The van der Waals surface area contributed by atoms with E-state index in [0.717, 1.165) is 4.47 Å². The second-order valence-corrected chi connectivity index (χ2v) is 5.66. The summed E-state index contributed by atoms with van der Waals surface area (Å²) in [5, 5.41) is 3.09. The highest BCUT2D eigenvalue weighted by molar-refractivity contribution is 9.10. The summed E-state index contributed by atoms with van der Waals surface area (Å²) in [5.41, 5.74) is 0.788. The van der Waals surface area contributed by atoms with Gasteiger partial charge in [0, 0.05) is 10.0 Å². The maximum Gasteiger partial charge on any atom is 0.253 e. The number of hydrogen-bond acceptors (Lipinski definition) is 1. The normalized spacial score (nSPS) is 12.0. The molecule has 1 atom stereocenters. The van der Waals surface area contributed by atoms with Crippen LogP contribution in [0.15, 0.2) is 46.9 Å². The van der Waals surface area contributed by atoms with E-state index in [-0.39, 0.29) is 11.7 Å². The zero-order valence-electron chi connectivity index (χ0n) is 10.7. The van der Waals surface area contributed by atoms with E-state index < -0.39 is 6.04 Å². The molecule has 1 unspecified atom stereocenters. The summed E-state index contributed by atoms with van der Waals surface area (Å²) in [6.07, 6.45) is 0. The Bertz CT molecular complexity index is 648. The minimum absolute atomic E-state index is 0.341. The lowest BCUT2D eigenvalue weighted by Gasteiger charge is -2.15. The SMILES string of the molecule is CC(NC(=O)c1cc(Br)ccc1Cl)c1ccccc1F. The molecular formula is C15H12BrClFNO. The number of halogens is 3. The molecule has 2 rings (SSSR count). The van der Waals surface area contributed by atoms with Gasteiger partial charge in [0.25, 0.3) is 5.91 Å². The van der Waals surface area contributed by atoms with Crippen LogP contribution in [-0.4, -0.2) is 5.91 Å². The molecule has 0 aromatic heterocycles. The van der Waals surface area contributed by atoms with Crippen molar-refractivity contribution in [1.29, 1.82) is 0 Å². The Morgan fingerprint density at radius 1 is 1.30 bits per heavy atom. The van der Waals surface area contributed by atoms with Gasteiger partial charge in [-0.25, -0.2) is 4.39 Å². The molecular weight excluding hydrogens is 345 g/mol. The molecule has 2 aromatic rings. The van der Waals surface area contributed by atoms with E-state index in [2.05, 4.69) is 21.2 Å². The molecule has 0 bridgehead atoms. The molecule has 2 aromatic carbocycles. The molecule has 0 aliphatic heterocycles. The quantitative estimate of drug-likeness (QED) is 0.846. The first-order chi connectivity index (χ1) is 9.49. The predicted octanol–water partition coefficient (Wildman–Crippen LogP) is 4.73. The summed E-state index contributed by atoms with van der Waals surface area (Å²) >= 11 is 9.28. The third kappa shape index (κ3) is 3.38. The van der Waals surface area contributed by atoms with Crippen LogP contribution in [0.25, 0.3) is 0 Å². The Balaban J connectivity index is 2.20. The number of carbonyl (C=O) groups excluding carboxylic acids is 1. The number of benzene rings is 2. The van der Waals surface area contributed by atoms with Crippen LogP contribution in [0.1, 0.15) is 28.9 Å². The Kier molecular flexibility index (Phi) is 4.78. The van der Waals surface area contributed by atoms with Gasteiger partial charge < -0.3 is 5.32 Å². The van der Waals surface area contributed by atoms with Crippen LogP contribution >= 0.6 is 27.5 Å². The first-order valence-corrected chi connectivity index (χ1v) is 7.16. The highest BCUT2D eigenvalue weighted by Crippen LogP contribution is 2.22. The third-order valence-corrected chi connectivity index (χ3v) is 3.72. The summed E-state index contributed by atoms with van der Waals surface area (Å²) in [7, 11) is 0.